The first-order valence-corrected chi connectivity index (χ1v) is 13.8. The monoisotopic (exact) mass is 365 g/mol. The van der Waals surface area contributed by atoms with E-state index in [2.05, 4.69) is 18.8 Å². The second-order valence-corrected chi connectivity index (χ2v) is 13.7. The molecule has 3 aliphatic heterocycles. The van der Waals surface area contributed by atoms with Crippen LogP contribution in [0, 0.1) is 11.8 Å². The molecule has 0 radical (unpaired) electrons. The van der Waals surface area contributed by atoms with E-state index in [1.165, 1.54) is 11.5 Å². The third-order valence-corrected chi connectivity index (χ3v) is 11.7. The first kappa shape index (κ1) is 17.5. The SMILES string of the molecule is C[S+]1COCC(C2C[S+](C)C(C3COCC[S+]3C)CC2=O)C1. The van der Waals surface area contributed by atoms with E-state index in [1.54, 1.807) is 0 Å². The molecule has 22 heavy (non-hydrogen) atoms. The Balaban J connectivity index is 1.64. The summed E-state index contributed by atoms with van der Waals surface area (Å²) < 4.78 is 11.5. The fourth-order valence-corrected chi connectivity index (χ4v) is 10.5. The van der Waals surface area contributed by atoms with Crippen LogP contribution in [-0.4, -0.2) is 78.1 Å². The van der Waals surface area contributed by atoms with Gasteiger partial charge in [0.25, 0.3) is 0 Å². The predicted molar refractivity (Wildman–Crippen MR) is 100 cm³/mol. The normalized spacial score (nSPS) is 47.4. The van der Waals surface area contributed by atoms with Gasteiger partial charge in [-0.1, -0.05) is 0 Å². The molecule has 3 heterocycles. The topological polar surface area (TPSA) is 35.5 Å². The number of rotatable bonds is 2. The second-order valence-electron chi connectivity index (χ2n) is 6.88. The van der Waals surface area contributed by atoms with Crippen LogP contribution in [0.15, 0.2) is 0 Å². The van der Waals surface area contributed by atoms with Gasteiger partial charge in [-0.05, 0) is 21.8 Å². The molecule has 3 aliphatic rings. The smallest absolute Gasteiger partial charge is 0.207 e. The molecule has 3 rings (SSSR count). The zero-order valence-electron chi connectivity index (χ0n) is 13.9. The van der Waals surface area contributed by atoms with Crippen molar-refractivity contribution in [1.82, 2.24) is 0 Å². The van der Waals surface area contributed by atoms with Crippen LogP contribution in [0.1, 0.15) is 6.42 Å². The molecule has 0 spiro atoms. The zero-order valence-corrected chi connectivity index (χ0v) is 16.4. The fraction of sp³-hybridized carbons (Fsp3) is 0.938. The van der Waals surface area contributed by atoms with Crippen molar-refractivity contribution in [2.75, 3.05) is 61.8 Å². The van der Waals surface area contributed by atoms with Crippen molar-refractivity contribution in [3.8, 4) is 0 Å². The fourth-order valence-electron chi connectivity index (χ4n) is 3.84. The Bertz CT molecular complexity index is 406. The molecular weight excluding hydrogens is 336 g/mol. The third kappa shape index (κ3) is 3.82. The highest BCUT2D eigenvalue weighted by molar-refractivity contribution is 8.00. The lowest BCUT2D eigenvalue weighted by Crippen LogP contribution is -2.54. The van der Waals surface area contributed by atoms with Crippen molar-refractivity contribution in [3.63, 3.8) is 0 Å². The first-order chi connectivity index (χ1) is 10.6. The van der Waals surface area contributed by atoms with Crippen LogP contribution in [0.2, 0.25) is 0 Å². The van der Waals surface area contributed by atoms with Gasteiger partial charge in [0.15, 0.2) is 10.5 Å². The summed E-state index contributed by atoms with van der Waals surface area (Å²) >= 11 is 0. The molecule has 7 unspecified atom stereocenters. The minimum Gasteiger partial charge on any atom is -0.371 e. The molecule has 6 heteroatoms. The summed E-state index contributed by atoms with van der Waals surface area (Å²) in [6.07, 6.45) is 7.84. The maximum absolute atomic E-state index is 12.8. The summed E-state index contributed by atoms with van der Waals surface area (Å²) in [5, 5.41) is 1.19. The van der Waals surface area contributed by atoms with Gasteiger partial charge in [-0.25, -0.2) is 0 Å². The highest BCUT2D eigenvalue weighted by Crippen LogP contribution is 2.34. The van der Waals surface area contributed by atoms with Crippen LogP contribution in [0.4, 0.5) is 0 Å². The van der Waals surface area contributed by atoms with Gasteiger partial charge in [-0.3, -0.25) is 4.79 Å². The van der Waals surface area contributed by atoms with Crippen LogP contribution >= 0.6 is 0 Å². The molecule has 0 bridgehead atoms. The van der Waals surface area contributed by atoms with Crippen LogP contribution in [0.25, 0.3) is 0 Å². The molecular formula is C16H29O3S3+3. The molecule has 0 amide bonds. The lowest BCUT2D eigenvalue weighted by molar-refractivity contribution is -0.124. The van der Waals surface area contributed by atoms with Gasteiger partial charge in [0.1, 0.15) is 23.0 Å². The summed E-state index contributed by atoms with van der Waals surface area (Å²) in [5.74, 6) is 5.65. The number of carbonyl (C=O) groups is 1. The Kier molecular flexibility index (Phi) is 6.10. The molecule has 0 aliphatic carbocycles. The summed E-state index contributed by atoms with van der Waals surface area (Å²) in [6, 6.07) is 0. The maximum atomic E-state index is 12.8. The molecule has 3 saturated heterocycles. The molecule has 0 aromatic carbocycles. The molecule has 0 N–H and O–H groups in total. The largest absolute Gasteiger partial charge is 0.371 e. The number of carbonyl (C=O) groups excluding carboxylic acids is 1. The van der Waals surface area contributed by atoms with Crippen LogP contribution < -0.4 is 0 Å². The summed E-state index contributed by atoms with van der Waals surface area (Å²) in [5.41, 5.74) is 0. The van der Waals surface area contributed by atoms with E-state index < -0.39 is 0 Å². The van der Waals surface area contributed by atoms with E-state index in [1.807, 2.05) is 0 Å². The van der Waals surface area contributed by atoms with Crippen molar-refractivity contribution >= 4 is 38.5 Å². The van der Waals surface area contributed by atoms with Crippen molar-refractivity contribution in [3.05, 3.63) is 0 Å². The first-order valence-electron chi connectivity index (χ1n) is 8.06. The number of hydrogen-bond acceptors (Lipinski definition) is 3. The molecule has 0 aromatic heterocycles. The number of Topliss-reactive ketones (excluding diaryl/α,β-unsaturated/α-hetero) is 1. The summed E-state index contributed by atoms with van der Waals surface area (Å²) in [4.78, 5) is 12.8. The van der Waals surface area contributed by atoms with E-state index in [0.717, 1.165) is 37.9 Å². The summed E-state index contributed by atoms with van der Waals surface area (Å²) in [6.45, 7) is 2.60. The Hall–Kier alpha value is 0.640. The third-order valence-electron chi connectivity index (χ3n) is 5.22. The van der Waals surface area contributed by atoms with E-state index in [4.69, 9.17) is 9.47 Å². The highest BCUT2D eigenvalue weighted by atomic mass is 32.2. The van der Waals surface area contributed by atoms with E-state index in [9.17, 15) is 4.79 Å². The Labute approximate surface area is 143 Å². The number of hydrogen-bond donors (Lipinski definition) is 0. The predicted octanol–water partition coefficient (Wildman–Crippen LogP) is 0.691. The average molecular weight is 366 g/mol. The average Bonchev–Trinajstić information content (AvgIpc) is 2.50. The molecule has 0 saturated carbocycles. The van der Waals surface area contributed by atoms with Gasteiger partial charge in [0.2, 0.25) is 5.94 Å². The minimum atomic E-state index is 0.267. The molecule has 3 fully saturated rings. The molecule has 0 aromatic rings. The minimum absolute atomic E-state index is 0.267. The standard InChI is InChI=1S/C16H29O3S3/c1-20-9-12(7-19-11-20)13-10-22(3)15(6-14(13)17)16-8-18-4-5-21(16)2/h12-13,15-16H,4-11H2,1-3H3/q+3. The Morgan fingerprint density at radius 3 is 2.55 bits per heavy atom. The van der Waals surface area contributed by atoms with Crippen LogP contribution in [-0.2, 0) is 47.0 Å². The van der Waals surface area contributed by atoms with Crippen molar-refractivity contribution in [2.24, 2.45) is 11.8 Å². The maximum Gasteiger partial charge on any atom is 0.207 e. The van der Waals surface area contributed by atoms with E-state index >= 15 is 0 Å². The molecule has 126 valence electrons. The van der Waals surface area contributed by atoms with E-state index in [0.29, 0.717) is 54.9 Å². The van der Waals surface area contributed by atoms with E-state index in [-0.39, 0.29) is 5.92 Å². The van der Waals surface area contributed by atoms with Crippen molar-refractivity contribution < 1.29 is 14.3 Å². The van der Waals surface area contributed by atoms with Crippen LogP contribution in [0.3, 0.4) is 0 Å². The summed E-state index contributed by atoms with van der Waals surface area (Å²) in [7, 11) is 1.11. The Morgan fingerprint density at radius 2 is 1.82 bits per heavy atom. The second kappa shape index (κ2) is 7.68. The Morgan fingerprint density at radius 1 is 1.00 bits per heavy atom. The molecule has 7 atom stereocenters. The van der Waals surface area contributed by atoms with Gasteiger partial charge in [-0.2, -0.15) is 0 Å². The number of ether oxygens (including phenoxy) is 2. The number of ketones is 1. The van der Waals surface area contributed by atoms with Crippen molar-refractivity contribution in [2.45, 2.75) is 16.9 Å². The van der Waals surface area contributed by atoms with Gasteiger partial charge >= 0.3 is 0 Å². The quantitative estimate of drug-likeness (QED) is 0.676. The highest BCUT2D eigenvalue weighted by Gasteiger charge is 2.53. The molecule has 3 nitrogen and oxygen atoms in total. The van der Waals surface area contributed by atoms with Gasteiger partial charge in [0, 0.05) is 16.8 Å². The van der Waals surface area contributed by atoms with Gasteiger partial charge < -0.3 is 9.47 Å². The lowest BCUT2D eigenvalue weighted by atomic mass is 9.89. The lowest BCUT2D eigenvalue weighted by Gasteiger charge is -2.35. The zero-order chi connectivity index (χ0) is 15.7. The van der Waals surface area contributed by atoms with Gasteiger partial charge in [0.05, 0.1) is 50.9 Å². The van der Waals surface area contributed by atoms with Crippen LogP contribution in [0.5, 0.6) is 0 Å². The van der Waals surface area contributed by atoms with Gasteiger partial charge in [-0.15, -0.1) is 0 Å². The van der Waals surface area contributed by atoms with Crippen molar-refractivity contribution in [1.29, 1.82) is 0 Å².